The minimum absolute atomic E-state index is 0.0541. The van der Waals surface area contributed by atoms with E-state index < -0.39 is 18.0 Å². The van der Waals surface area contributed by atoms with Crippen molar-refractivity contribution in [3.8, 4) is 27.9 Å². The first-order chi connectivity index (χ1) is 21.4. The second kappa shape index (κ2) is 12.8. The number of hydrogen-bond donors (Lipinski definition) is 1. The third-order valence-corrected chi connectivity index (χ3v) is 7.87. The number of methoxy groups -OCH3 is 1. The molecule has 226 valence electrons. The van der Waals surface area contributed by atoms with Crippen molar-refractivity contribution in [2.75, 3.05) is 19.0 Å². The van der Waals surface area contributed by atoms with E-state index in [1.165, 1.54) is 30.4 Å². The minimum atomic E-state index is -0.691. The maximum Gasteiger partial charge on any atom is 0.411 e. The highest BCUT2D eigenvalue weighted by Crippen LogP contribution is 2.34. The van der Waals surface area contributed by atoms with Gasteiger partial charge < -0.3 is 14.7 Å². The molecule has 2 atom stereocenters. The second-order valence-electron chi connectivity index (χ2n) is 10.3. The summed E-state index contributed by atoms with van der Waals surface area (Å²) in [5, 5.41) is 32.0. The van der Waals surface area contributed by atoms with Crippen LogP contribution in [0.25, 0.3) is 27.9 Å². The van der Waals surface area contributed by atoms with Crippen LogP contribution in [0.3, 0.4) is 0 Å². The summed E-state index contributed by atoms with van der Waals surface area (Å²) in [5.41, 5.74) is 3.44. The van der Waals surface area contributed by atoms with E-state index in [0.29, 0.717) is 35.7 Å². The highest BCUT2D eigenvalue weighted by Gasteiger charge is 2.29. The lowest BCUT2D eigenvalue weighted by atomic mass is 9.98. The lowest BCUT2D eigenvalue weighted by Crippen LogP contribution is -2.37. The zero-order chi connectivity index (χ0) is 30.6. The molecule has 2 aromatic carbocycles. The molecule has 1 amide bonds. The third-order valence-electron chi connectivity index (χ3n) is 7.57. The molecule has 0 aliphatic carbocycles. The first-order valence-corrected chi connectivity index (χ1v) is 14.3. The van der Waals surface area contributed by atoms with Crippen molar-refractivity contribution in [3.05, 3.63) is 95.2 Å². The smallest absolute Gasteiger partial charge is 0.411 e. The molecule has 0 spiro atoms. The van der Waals surface area contributed by atoms with E-state index in [1.807, 2.05) is 18.3 Å². The van der Waals surface area contributed by atoms with Gasteiger partial charge in [-0.3, -0.25) is 10.00 Å². The molecule has 1 aliphatic rings. The van der Waals surface area contributed by atoms with E-state index in [-0.39, 0.29) is 16.7 Å². The Morgan fingerprint density at radius 3 is 2.70 bits per heavy atom. The standard InChI is InChI=1S/C30H28ClFN8O4/c1-43-30(41)35-22-8-5-19(6-9-22)21-15-34-38(16-21)27(14-23-4-2-3-13-44-23)25-11-7-20(17-40(25)42)28-26(39-18-33-36-37-39)12-10-24(31)29(28)32/h5-12,15-18,23,27H,2-4,13-14H2,1H3,(H,35,41)/t23-,27?/m1/s1. The first kappa shape index (κ1) is 29.2. The minimum Gasteiger partial charge on any atom is -0.618 e. The van der Waals surface area contributed by atoms with Crippen molar-refractivity contribution in [2.24, 2.45) is 0 Å². The number of carbonyl (C=O) groups is 1. The number of rotatable bonds is 8. The van der Waals surface area contributed by atoms with Gasteiger partial charge in [0.15, 0.2) is 12.0 Å². The molecule has 44 heavy (non-hydrogen) atoms. The van der Waals surface area contributed by atoms with Gasteiger partial charge in [0.1, 0.15) is 12.4 Å². The van der Waals surface area contributed by atoms with Crippen LogP contribution in [-0.2, 0) is 9.47 Å². The van der Waals surface area contributed by atoms with Gasteiger partial charge in [-0.15, -0.1) is 5.10 Å². The van der Waals surface area contributed by atoms with Gasteiger partial charge in [-0.1, -0.05) is 23.7 Å². The summed E-state index contributed by atoms with van der Waals surface area (Å²) < 4.78 is 29.9. The van der Waals surface area contributed by atoms with E-state index >= 15 is 4.39 Å². The number of aromatic nitrogens is 7. The number of halogens is 2. The summed E-state index contributed by atoms with van der Waals surface area (Å²) in [6.07, 6.45) is 9.08. The molecule has 0 radical (unpaired) electrons. The van der Waals surface area contributed by atoms with E-state index in [9.17, 15) is 10.0 Å². The quantitative estimate of drug-likeness (QED) is 0.182. The molecular weight excluding hydrogens is 591 g/mol. The van der Waals surface area contributed by atoms with Gasteiger partial charge in [-0.25, -0.2) is 9.18 Å². The predicted octanol–water partition coefficient (Wildman–Crippen LogP) is 5.35. The number of benzene rings is 2. The van der Waals surface area contributed by atoms with Crippen LogP contribution in [0.1, 0.15) is 37.4 Å². The molecule has 0 saturated carbocycles. The molecule has 4 heterocycles. The SMILES string of the molecule is COC(=O)Nc1ccc(-c2cnn(C(C[C@H]3CCCCO3)c3ccc(-c4c(-n5cnnn5)ccc(Cl)c4F)c[n+]3[O-])c2)cc1. The number of ether oxygens (including phenoxy) is 2. The summed E-state index contributed by atoms with van der Waals surface area (Å²) >= 11 is 6.13. The van der Waals surface area contributed by atoms with Crippen LogP contribution in [0.2, 0.25) is 5.02 Å². The van der Waals surface area contributed by atoms with Gasteiger partial charge >= 0.3 is 6.09 Å². The Kier molecular flexibility index (Phi) is 8.48. The molecule has 12 nitrogen and oxygen atoms in total. The average molecular weight is 619 g/mol. The van der Waals surface area contributed by atoms with Gasteiger partial charge in [0, 0.05) is 36.5 Å². The van der Waals surface area contributed by atoms with Crippen LogP contribution in [0.5, 0.6) is 0 Å². The predicted molar refractivity (Wildman–Crippen MR) is 159 cm³/mol. The highest BCUT2D eigenvalue weighted by molar-refractivity contribution is 6.31. The Hall–Kier alpha value is -4.88. The maximum absolute atomic E-state index is 15.4. The number of nitrogens with one attached hydrogen (secondary N) is 1. The maximum atomic E-state index is 15.4. The molecule has 3 aromatic heterocycles. The zero-order valence-corrected chi connectivity index (χ0v) is 24.4. The molecule has 6 rings (SSSR count). The fourth-order valence-corrected chi connectivity index (χ4v) is 5.51. The molecule has 0 bridgehead atoms. The van der Waals surface area contributed by atoms with E-state index in [4.69, 9.17) is 16.3 Å². The van der Waals surface area contributed by atoms with Crippen molar-refractivity contribution < 1.29 is 23.4 Å². The molecule has 1 saturated heterocycles. The molecule has 1 N–H and O–H groups in total. The Labute approximate surface area is 256 Å². The molecular formula is C30H28ClFN8O4. The largest absolute Gasteiger partial charge is 0.618 e. The summed E-state index contributed by atoms with van der Waals surface area (Å²) in [6, 6.07) is 13.1. The van der Waals surface area contributed by atoms with Crippen LogP contribution in [0, 0.1) is 11.0 Å². The second-order valence-corrected chi connectivity index (χ2v) is 10.7. The van der Waals surface area contributed by atoms with Crippen LogP contribution in [0.15, 0.2) is 73.4 Å². The molecule has 1 aliphatic heterocycles. The summed E-state index contributed by atoms with van der Waals surface area (Å²) in [5.74, 6) is -0.691. The number of tetrazole rings is 1. The average Bonchev–Trinajstić information content (AvgIpc) is 3.76. The Morgan fingerprint density at radius 2 is 2.00 bits per heavy atom. The summed E-state index contributed by atoms with van der Waals surface area (Å²) in [6.45, 7) is 0.665. The molecule has 1 fully saturated rings. The van der Waals surface area contributed by atoms with Gasteiger partial charge in [0.2, 0.25) is 5.69 Å². The van der Waals surface area contributed by atoms with Crippen LogP contribution in [-0.4, -0.2) is 55.9 Å². The van der Waals surface area contributed by atoms with E-state index in [0.717, 1.165) is 35.1 Å². The van der Waals surface area contributed by atoms with Crippen molar-refractivity contribution in [2.45, 2.75) is 37.8 Å². The van der Waals surface area contributed by atoms with Crippen molar-refractivity contribution in [1.29, 1.82) is 0 Å². The topological polar surface area (TPSA) is 136 Å². The molecule has 1 unspecified atom stereocenters. The van der Waals surface area contributed by atoms with Crippen LogP contribution >= 0.6 is 11.6 Å². The molecule has 5 aromatic rings. The zero-order valence-electron chi connectivity index (χ0n) is 23.6. The number of nitrogens with zero attached hydrogens (tertiary/aromatic N) is 7. The van der Waals surface area contributed by atoms with Crippen molar-refractivity contribution >= 4 is 23.4 Å². The number of amides is 1. The summed E-state index contributed by atoms with van der Waals surface area (Å²) in [7, 11) is 1.30. The highest BCUT2D eigenvalue weighted by atomic mass is 35.5. The van der Waals surface area contributed by atoms with Gasteiger partial charge in [0.05, 0.1) is 41.2 Å². The summed E-state index contributed by atoms with van der Waals surface area (Å²) in [4.78, 5) is 11.5. The third kappa shape index (κ3) is 6.10. The lowest BCUT2D eigenvalue weighted by molar-refractivity contribution is -0.615. The van der Waals surface area contributed by atoms with Gasteiger partial charge in [-0.2, -0.15) is 14.5 Å². The monoisotopic (exact) mass is 618 g/mol. The lowest BCUT2D eigenvalue weighted by Gasteiger charge is -2.26. The first-order valence-electron chi connectivity index (χ1n) is 14.0. The number of anilines is 1. The van der Waals surface area contributed by atoms with Gasteiger partial charge in [0.25, 0.3) is 0 Å². The van der Waals surface area contributed by atoms with Crippen LogP contribution < -0.4 is 10.0 Å². The van der Waals surface area contributed by atoms with Crippen LogP contribution in [0.4, 0.5) is 14.9 Å². The molecule has 14 heteroatoms. The van der Waals surface area contributed by atoms with E-state index in [2.05, 4.69) is 30.7 Å². The Balaban J connectivity index is 1.35. The number of pyridine rings is 1. The normalized spacial score (nSPS) is 15.6. The van der Waals surface area contributed by atoms with Gasteiger partial charge in [-0.05, 0) is 65.6 Å². The Bertz CT molecular complexity index is 1760. The van der Waals surface area contributed by atoms with E-state index in [1.54, 1.807) is 41.2 Å². The van der Waals surface area contributed by atoms with Crippen molar-refractivity contribution in [1.82, 2.24) is 30.0 Å². The fourth-order valence-electron chi connectivity index (χ4n) is 5.36. The number of carbonyl (C=O) groups excluding carboxylic acids is 1. The number of hydrogen-bond acceptors (Lipinski definition) is 8. The Morgan fingerprint density at radius 1 is 1.18 bits per heavy atom. The fraction of sp³-hybridized carbons (Fsp3) is 0.267. The van der Waals surface area contributed by atoms with Crippen molar-refractivity contribution in [3.63, 3.8) is 0 Å².